The first-order chi connectivity index (χ1) is 11.1. The van der Waals surface area contributed by atoms with Gasteiger partial charge >= 0.3 is 11.9 Å². The van der Waals surface area contributed by atoms with Crippen LogP contribution in [0.1, 0.15) is 11.1 Å². The number of benzene rings is 2. The summed E-state index contributed by atoms with van der Waals surface area (Å²) in [5.74, 6) is -2.77. The van der Waals surface area contributed by atoms with Gasteiger partial charge in [0.2, 0.25) is 0 Å². The average Bonchev–Trinajstić information content (AvgIpc) is 2.58. The average molecular weight is 310 g/mol. The lowest BCUT2D eigenvalue weighted by atomic mass is 9.93. The highest BCUT2D eigenvalue weighted by Gasteiger charge is 2.27. The predicted molar refractivity (Wildman–Crippen MR) is 86.6 cm³/mol. The van der Waals surface area contributed by atoms with E-state index in [1.54, 1.807) is 0 Å². The van der Waals surface area contributed by atoms with Crippen molar-refractivity contribution < 1.29 is 19.4 Å². The number of rotatable bonds is 7. The van der Waals surface area contributed by atoms with Gasteiger partial charge in [0.15, 0.2) is 0 Å². The molecule has 0 spiro atoms. The minimum absolute atomic E-state index is 0.0442. The van der Waals surface area contributed by atoms with Crippen LogP contribution in [0.3, 0.4) is 0 Å². The van der Waals surface area contributed by atoms with Crippen LogP contribution in [0.2, 0.25) is 0 Å². The Labute approximate surface area is 135 Å². The molecular formula is C19H18O4. The Balaban J connectivity index is 1.99. The van der Waals surface area contributed by atoms with Gasteiger partial charge in [-0.3, -0.25) is 4.79 Å². The van der Waals surface area contributed by atoms with E-state index >= 15 is 0 Å². The van der Waals surface area contributed by atoms with Gasteiger partial charge in [-0.1, -0.05) is 67.2 Å². The van der Waals surface area contributed by atoms with E-state index < -0.39 is 17.9 Å². The number of ether oxygens (including phenoxy) is 1. The molecule has 0 aliphatic rings. The zero-order valence-electron chi connectivity index (χ0n) is 12.6. The van der Waals surface area contributed by atoms with Gasteiger partial charge in [-0.25, -0.2) is 4.79 Å². The highest BCUT2D eigenvalue weighted by Crippen LogP contribution is 2.18. The van der Waals surface area contributed by atoms with Crippen LogP contribution in [-0.2, 0) is 27.4 Å². The van der Waals surface area contributed by atoms with Crippen molar-refractivity contribution in [2.45, 2.75) is 13.0 Å². The van der Waals surface area contributed by atoms with Crippen LogP contribution < -0.4 is 0 Å². The van der Waals surface area contributed by atoms with E-state index in [4.69, 9.17) is 4.74 Å². The van der Waals surface area contributed by atoms with Gasteiger partial charge in [0, 0.05) is 5.57 Å². The van der Waals surface area contributed by atoms with Crippen molar-refractivity contribution >= 4 is 11.9 Å². The van der Waals surface area contributed by atoms with E-state index in [9.17, 15) is 14.7 Å². The Morgan fingerprint density at radius 2 is 1.48 bits per heavy atom. The molecule has 0 bridgehead atoms. The predicted octanol–water partition coefficient (Wildman–Crippen LogP) is 3.23. The van der Waals surface area contributed by atoms with Gasteiger partial charge < -0.3 is 9.84 Å². The lowest BCUT2D eigenvalue weighted by molar-refractivity contribution is -0.146. The smallest absolute Gasteiger partial charge is 0.334 e. The van der Waals surface area contributed by atoms with Crippen molar-refractivity contribution in [3.05, 3.63) is 83.9 Å². The molecule has 0 aliphatic carbocycles. The monoisotopic (exact) mass is 310 g/mol. The minimum Gasteiger partial charge on any atom is -0.481 e. The topological polar surface area (TPSA) is 63.6 Å². The summed E-state index contributed by atoms with van der Waals surface area (Å²) < 4.78 is 5.16. The molecule has 2 aromatic rings. The van der Waals surface area contributed by atoms with E-state index in [2.05, 4.69) is 6.58 Å². The second kappa shape index (κ2) is 7.94. The van der Waals surface area contributed by atoms with E-state index in [1.165, 1.54) is 0 Å². The first-order valence-corrected chi connectivity index (χ1v) is 7.24. The molecule has 0 radical (unpaired) electrons. The maximum atomic E-state index is 12.1. The molecule has 1 N–H and O–H groups in total. The van der Waals surface area contributed by atoms with Crippen LogP contribution in [0.5, 0.6) is 0 Å². The van der Waals surface area contributed by atoms with Crippen LogP contribution >= 0.6 is 0 Å². The third-order valence-electron chi connectivity index (χ3n) is 3.48. The number of carboxylic acids is 1. The number of carboxylic acid groups (broad SMARTS) is 1. The van der Waals surface area contributed by atoms with E-state index in [-0.39, 0.29) is 18.6 Å². The fraction of sp³-hybridized carbons (Fsp3) is 0.158. The second-order valence-corrected chi connectivity index (χ2v) is 5.17. The summed E-state index contributed by atoms with van der Waals surface area (Å²) in [7, 11) is 0. The summed E-state index contributed by atoms with van der Waals surface area (Å²) in [5.41, 5.74) is 1.62. The molecule has 0 aromatic heterocycles. The number of hydrogen-bond donors (Lipinski definition) is 1. The fourth-order valence-corrected chi connectivity index (χ4v) is 2.17. The number of carbonyl (C=O) groups is 2. The van der Waals surface area contributed by atoms with Crippen LogP contribution in [0.15, 0.2) is 72.8 Å². The standard InChI is InChI=1S/C19H18O4/c1-14(19(22)23-13-16-10-6-3-7-11-16)17(18(20)21)12-15-8-4-2-5-9-15/h2-11,17H,1,12-13H2,(H,20,21). The van der Waals surface area contributed by atoms with Crippen molar-refractivity contribution in [2.75, 3.05) is 0 Å². The zero-order chi connectivity index (χ0) is 16.7. The second-order valence-electron chi connectivity index (χ2n) is 5.17. The van der Waals surface area contributed by atoms with Crippen molar-refractivity contribution in [1.82, 2.24) is 0 Å². The quantitative estimate of drug-likeness (QED) is 0.630. The lowest BCUT2D eigenvalue weighted by Gasteiger charge is -2.15. The Morgan fingerprint density at radius 3 is 2.00 bits per heavy atom. The Kier molecular flexibility index (Phi) is 5.69. The van der Waals surface area contributed by atoms with Crippen molar-refractivity contribution in [3.63, 3.8) is 0 Å². The molecule has 23 heavy (non-hydrogen) atoms. The lowest BCUT2D eigenvalue weighted by Crippen LogP contribution is -2.24. The molecule has 0 saturated heterocycles. The SMILES string of the molecule is C=C(C(=O)OCc1ccccc1)C(Cc1ccccc1)C(=O)O. The summed E-state index contributed by atoms with van der Waals surface area (Å²) in [4.78, 5) is 23.5. The summed E-state index contributed by atoms with van der Waals surface area (Å²) in [5, 5.41) is 9.37. The molecule has 118 valence electrons. The highest BCUT2D eigenvalue weighted by molar-refractivity contribution is 5.94. The van der Waals surface area contributed by atoms with Gasteiger partial charge in [0.1, 0.15) is 6.61 Å². The summed E-state index contributed by atoms with van der Waals surface area (Å²) in [6.45, 7) is 3.72. The zero-order valence-corrected chi connectivity index (χ0v) is 12.6. The van der Waals surface area contributed by atoms with Gasteiger partial charge in [-0.05, 0) is 17.5 Å². The highest BCUT2D eigenvalue weighted by atomic mass is 16.5. The molecule has 4 heteroatoms. The molecule has 0 amide bonds. The van der Waals surface area contributed by atoms with Gasteiger partial charge in [-0.2, -0.15) is 0 Å². The Hall–Kier alpha value is -2.88. The Bertz CT molecular complexity index is 677. The van der Waals surface area contributed by atoms with Gasteiger partial charge in [-0.15, -0.1) is 0 Å². The molecular weight excluding hydrogens is 292 g/mol. The van der Waals surface area contributed by atoms with Crippen LogP contribution in [0.4, 0.5) is 0 Å². The number of aliphatic carboxylic acids is 1. The number of carbonyl (C=O) groups excluding carboxylic acids is 1. The van der Waals surface area contributed by atoms with Crippen LogP contribution in [0.25, 0.3) is 0 Å². The molecule has 1 unspecified atom stereocenters. The number of hydrogen-bond acceptors (Lipinski definition) is 3. The number of esters is 1. The van der Waals surface area contributed by atoms with Gasteiger partial charge in [0.05, 0.1) is 5.92 Å². The summed E-state index contributed by atoms with van der Waals surface area (Å²) in [6, 6.07) is 18.3. The first kappa shape index (κ1) is 16.5. The van der Waals surface area contributed by atoms with E-state index in [1.807, 2.05) is 60.7 Å². The molecule has 2 rings (SSSR count). The third-order valence-corrected chi connectivity index (χ3v) is 3.48. The van der Waals surface area contributed by atoms with E-state index in [0.29, 0.717) is 0 Å². The summed E-state index contributed by atoms with van der Waals surface area (Å²) in [6.07, 6.45) is 0.204. The first-order valence-electron chi connectivity index (χ1n) is 7.24. The molecule has 2 aromatic carbocycles. The molecule has 0 heterocycles. The largest absolute Gasteiger partial charge is 0.481 e. The minimum atomic E-state index is -1.09. The normalized spacial score (nSPS) is 11.5. The summed E-state index contributed by atoms with van der Waals surface area (Å²) >= 11 is 0. The molecule has 1 atom stereocenters. The Morgan fingerprint density at radius 1 is 0.957 bits per heavy atom. The van der Waals surface area contributed by atoms with Crippen molar-refractivity contribution in [3.8, 4) is 0 Å². The van der Waals surface area contributed by atoms with Gasteiger partial charge in [0.25, 0.3) is 0 Å². The van der Waals surface area contributed by atoms with Crippen molar-refractivity contribution in [2.24, 2.45) is 5.92 Å². The third kappa shape index (κ3) is 4.81. The van der Waals surface area contributed by atoms with Crippen LogP contribution in [0, 0.1) is 5.92 Å². The molecule has 4 nitrogen and oxygen atoms in total. The molecule has 0 saturated carbocycles. The maximum absolute atomic E-state index is 12.1. The van der Waals surface area contributed by atoms with E-state index in [0.717, 1.165) is 11.1 Å². The van der Waals surface area contributed by atoms with Crippen molar-refractivity contribution in [1.29, 1.82) is 0 Å². The fourth-order valence-electron chi connectivity index (χ4n) is 2.17. The van der Waals surface area contributed by atoms with Crippen LogP contribution in [-0.4, -0.2) is 17.0 Å². The molecule has 0 fully saturated rings. The maximum Gasteiger partial charge on any atom is 0.334 e. The molecule has 0 aliphatic heterocycles.